The van der Waals surface area contributed by atoms with E-state index in [1.807, 2.05) is 26.0 Å². The lowest BCUT2D eigenvalue weighted by Crippen LogP contribution is -2.30. The molecular formula is C21H23FN2O3. The number of ether oxygens (including phenoxy) is 2. The molecule has 0 unspecified atom stereocenters. The van der Waals surface area contributed by atoms with Gasteiger partial charge in [-0.15, -0.1) is 0 Å². The molecule has 0 bridgehead atoms. The number of rotatable bonds is 7. The van der Waals surface area contributed by atoms with Crippen LogP contribution in [-0.2, 0) is 11.2 Å². The first-order valence-electron chi connectivity index (χ1n) is 8.80. The van der Waals surface area contributed by atoms with E-state index in [9.17, 15) is 9.18 Å². The van der Waals surface area contributed by atoms with Crippen LogP contribution in [0.15, 0.2) is 36.4 Å². The van der Waals surface area contributed by atoms with Gasteiger partial charge in [0.25, 0.3) is 5.91 Å². The number of hydrogen-bond donors (Lipinski definition) is 2. The van der Waals surface area contributed by atoms with Crippen molar-refractivity contribution in [2.24, 2.45) is 0 Å². The summed E-state index contributed by atoms with van der Waals surface area (Å²) in [6, 6.07) is 10.4. The number of aryl methyl sites for hydroxylation is 2. The van der Waals surface area contributed by atoms with Crippen LogP contribution in [0.5, 0.6) is 11.5 Å². The summed E-state index contributed by atoms with van der Waals surface area (Å²) in [5.74, 6) is 0.617. The molecule has 0 aliphatic heterocycles. The Morgan fingerprint density at radius 1 is 1.15 bits per heavy atom. The number of aromatic nitrogens is 1. The Labute approximate surface area is 157 Å². The van der Waals surface area contributed by atoms with Gasteiger partial charge in [-0.3, -0.25) is 4.79 Å². The van der Waals surface area contributed by atoms with Crippen molar-refractivity contribution < 1.29 is 18.7 Å². The number of fused-ring (bicyclic) bond motifs is 1. The molecule has 2 N–H and O–H groups in total. The van der Waals surface area contributed by atoms with E-state index in [4.69, 9.17) is 9.47 Å². The molecule has 0 aliphatic rings. The lowest BCUT2D eigenvalue weighted by Gasteiger charge is -2.10. The molecule has 1 heterocycles. The monoisotopic (exact) mass is 370 g/mol. The smallest absolute Gasteiger partial charge is 0.257 e. The van der Waals surface area contributed by atoms with Gasteiger partial charge in [-0.1, -0.05) is 18.2 Å². The number of methoxy groups -OCH3 is 1. The number of amides is 1. The molecule has 142 valence electrons. The molecule has 0 fully saturated rings. The van der Waals surface area contributed by atoms with Gasteiger partial charge in [-0.25, -0.2) is 4.39 Å². The lowest BCUT2D eigenvalue weighted by atomic mass is 10.0. The first kappa shape index (κ1) is 18.8. The number of aromatic amines is 1. The van der Waals surface area contributed by atoms with E-state index in [1.54, 1.807) is 25.3 Å². The predicted octanol–water partition coefficient (Wildman–Crippen LogP) is 3.67. The van der Waals surface area contributed by atoms with Crippen LogP contribution in [0.1, 0.15) is 16.8 Å². The Bertz CT molecular complexity index is 965. The molecular weight excluding hydrogens is 347 g/mol. The Hall–Kier alpha value is -3.02. The largest absolute Gasteiger partial charge is 0.493 e. The van der Waals surface area contributed by atoms with E-state index < -0.39 is 0 Å². The summed E-state index contributed by atoms with van der Waals surface area (Å²) in [5.41, 5.74) is 3.47. The van der Waals surface area contributed by atoms with Crippen molar-refractivity contribution in [2.45, 2.75) is 20.3 Å². The van der Waals surface area contributed by atoms with Crippen molar-refractivity contribution >= 4 is 16.8 Å². The summed E-state index contributed by atoms with van der Waals surface area (Å²) in [6.45, 7) is 4.22. The van der Waals surface area contributed by atoms with Crippen molar-refractivity contribution in [3.63, 3.8) is 0 Å². The average molecular weight is 370 g/mol. The molecule has 0 spiro atoms. The number of para-hydroxylation sites is 2. The summed E-state index contributed by atoms with van der Waals surface area (Å²) < 4.78 is 24.7. The second-order valence-electron chi connectivity index (χ2n) is 6.38. The molecule has 3 aromatic rings. The Kier molecular flexibility index (Phi) is 5.64. The number of H-pyrrole nitrogens is 1. The molecule has 0 aliphatic carbocycles. The maximum Gasteiger partial charge on any atom is 0.257 e. The van der Waals surface area contributed by atoms with Crippen molar-refractivity contribution in [3.8, 4) is 11.5 Å². The summed E-state index contributed by atoms with van der Waals surface area (Å²) >= 11 is 0. The zero-order chi connectivity index (χ0) is 19.4. The number of hydrogen-bond acceptors (Lipinski definition) is 3. The number of carbonyl (C=O) groups is 1. The van der Waals surface area contributed by atoms with Crippen LogP contribution in [0.3, 0.4) is 0 Å². The van der Waals surface area contributed by atoms with Crippen LogP contribution in [0, 0.1) is 19.7 Å². The van der Waals surface area contributed by atoms with E-state index in [1.165, 1.54) is 6.07 Å². The highest BCUT2D eigenvalue weighted by Crippen LogP contribution is 2.28. The first-order chi connectivity index (χ1) is 13.0. The van der Waals surface area contributed by atoms with Crippen LogP contribution in [-0.4, -0.2) is 31.2 Å². The van der Waals surface area contributed by atoms with Crippen LogP contribution < -0.4 is 14.8 Å². The van der Waals surface area contributed by atoms with Gasteiger partial charge in [0, 0.05) is 17.6 Å². The van der Waals surface area contributed by atoms with Crippen molar-refractivity contribution in [1.82, 2.24) is 10.3 Å². The molecule has 0 radical (unpaired) electrons. The predicted molar refractivity (Wildman–Crippen MR) is 103 cm³/mol. The normalized spacial score (nSPS) is 10.8. The highest BCUT2D eigenvalue weighted by molar-refractivity contribution is 5.88. The fourth-order valence-electron chi connectivity index (χ4n) is 3.21. The van der Waals surface area contributed by atoms with Crippen LogP contribution in [0.4, 0.5) is 4.39 Å². The Balaban J connectivity index is 1.59. The van der Waals surface area contributed by atoms with E-state index in [0.717, 1.165) is 22.2 Å². The highest BCUT2D eigenvalue weighted by atomic mass is 19.1. The third kappa shape index (κ3) is 4.05. The minimum absolute atomic E-state index is 0.0963. The molecule has 1 amide bonds. The summed E-state index contributed by atoms with van der Waals surface area (Å²) in [6.07, 6.45) is 0.608. The summed E-state index contributed by atoms with van der Waals surface area (Å²) in [7, 11) is 1.55. The molecule has 0 saturated heterocycles. The summed E-state index contributed by atoms with van der Waals surface area (Å²) in [4.78, 5) is 15.2. The van der Waals surface area contributed by atoms with Crippen molar-refractivity contribution in [1.29, 1.82) is 0 Å². The van der Waals surface area contributed by atoms with Gasteiger partial charge >= 0.3 is 0 Å². The van der Waals surface area contributed by atoms with Gasteiger partial charge < -0.3 is 19.8 Å². The van der Waals surface area contributed by atoms with Gasteiger partial charge in [0.15, 0.2) is 18.1 Å². The average Bonchev–Trinajstić information content (AvgIpc) is 3.01. The molecule has 0 saturated carbocycles. The third-order valence-electron chi connectivity index (χ3n) is 4.55. The second-order valence-corrected chi connectivity index (χ2v) is 6.38. The van der Waals surface area contributed by atoms with E-state index in [0.29, 0.717) is 30.0 Å². The number of benzene rings is 2. The standard InChI is InChI=1S/C21H23FN2O3/c1-13-8-9-16(22)21-20(13)15(14(2)24-21)10-11-23-19(25)12-27-18-7-5-4-6-17(18)26-3/h4-9,24H,10-12H2,1-3H3,(H,23,25). The SMILES string of the molecule is COc1ccccc1OCC(=O)NCCc1c(C)[nH]c2c(F)ccc(C)c12. The van der Waals surface area contributed by atoms with Crippen LogP contribution >= 0.6 is 0 Å². The Morgan fingerprint density at radius 2 is 1.89 bits per heavy atom. The fourth-order valence-corrected chi connectivity index (χ4v) is 3.21. The molecule has 5 nitrogen and oxygen atoms in total. The quantitative estimate of drug-likeness (QED) is 0.667. The molecule has 1 aromatic heterocycles. The number of carbonyl (C=O) groups excluding carboxylic acids is 1. The number of nitrogens with one attached hydrogen (secondary N) is 2. The molecule has 27 heavy (non-hydrogen) atoms. The molecule has 6 heteroatoms. The number of halogens is 1. The van der Waals surface area contributed by atoms with E-state index >= 15 is 0 Å². The molecule has 3 rings (SSSR count). The van der Waals surface area contributed by atoms with Gasteiger partial charge in [-0.05, 0) is 49.6 Å². The van der Waals surface area contributed by atoms with E-state index in [2.05, 4.69) is 10.3 Å². The van der Waals surface area contributed by atoms with Crippen molar-refractivity contribution in [3.05, 3.63) is 59.0 Å². The first-order valence-corrected chi connectivity index (χ1v) is 8.80. The zero-order valence-corrected chi connectivity index (χ0v) is 15.7. The minimum atomic E-state index is -0.265. The maximum atomic E-state index is 14.0. The maximum absolute atomic E-state index is 14.0. The molecule has 2 aromatic carbocycles. The second kappa shape index (κ2) is 8.12. The van der Waals surface area contributed by atoms with Crippen molar-refractivity contribution in [2.75, 3.05) is 20.3 Å². The van der Waals surface area contributed by atoms with E-state index in [-0.39, 0.29) is 18.3 Å². The van der Waals surface area contributed by atoms with Gasteiger partial charge in [-0.2, -0.15) is 0 Å². The zero-order valence-electron chi connectivity index (χ0n) is 15.7. The van der Waals surface area contributed by atoms with Gasteiger partial charge in [0.1, 0.15) is 5.82 Å². The minimum Gasteiger partial charge on any atom is -0.493 e. The lowest BCUT2D eigenvalue weighted by molar-refractivity contribution is -0.123. The Morgan fingerprint density at radius 3 is 2.63 bits per heavy atom. The van der Waals surface area contributed by atoms with Crippen LogP contribution in [0.2, 0.25) is 0 Å². The van der Waals surface area contributed by atoms with Gasteiger partial charge in [0.05, 0.1) is 12.6 Å². The fraction of sp³-hybridized carbons (Fsp3) is 0.286. The summed E-state index contributed by atoms with van der Waals surface area (Å²) in [5, 5.41) is 3.74. The van der Waals surface area contributed by atoms with Crippen LogP contribution in [0.25, 0.3) is 10.9 Å². The highest BCUT2D eigenvalue weighted by Gasteiger charge is 2.14. The third-order valence-corrected chi connectivity index (χ3v) is 4.55. The topological polar surface area (TPSA) is 63.4 Å². The molecule has 0 atom stereocenters. The van der Waals surface area contributed by atoms with Gasteiger partial charge in [0.2, 0.25) is 0 Å².